The molecule has 1 aliphatic rings. The van der Waals surface area contributed by atoms with E-state index in [-0.39, 0.29) is 11.9 Å². The van der Waals surface area contributed by atoms with E-state index in [0.717, 1.165) is 37.3 Å². The van der Waals surface area contributed by atoms with Crippen LogP contribution in [0.3, 0.4) is 0 Å². The van der Waals surface area contributed by atoms with Gasteiger partial charge in [-0.2, -0.15) is 0 Å². The van der Waals surface area contributed by atoms with E-state index in [9.17, 15) is 4.79 Å². The van der Waals surface area contributed by atoms with Crippen LogP contribution >= 0.6 is 0 Å². The van der Waals surface area contributed by atoms with Gasteiger partial charge in [0.1, 0.15) is 11.6 Å². The molecule has 3 heterocycles. The van der Waals surface area contributed by atoms with Crippen LogP contribution in [0.2, 0.25) is 0 Å². The van der Waals surface area contributed by atoms with Crippen LogP contribution < -0.4 is 5.32 Å². The number of nitrogens with zero attached hydrogens (tertiary/aromatic N) is 4. The molecule has 0 spiro atoms. The first kappa shape index (κ1) is 17.7. The summed E-state index contributed by atoms with van der Waals surface area (Å²) in [4.78, 5) is 23.8. The molecule has 1 fully saturated rings. The first-order valence-corrected chi connectivity index (χ1v) is 9.51. The normalized spacial score (nSPS) is 17.1. The van der Waals surface area contributed by atoms with E-state index in [4.69, 9.17) is 4.98 Å². The molecule has 1 aliphatic heterocycles. The van der Waals surface area contributed by atoms with Crippen molar-refractivity contribution in [3.05, 3.63) is 54.5 Å². The molecule has 1 amide bonds. The van der Waals surface area contributed by atoms with Crippen LogP contribution in [0.15, 0.2) is 48.7 Å². The summed E-state index contributed by atoms with van der Waals surface area (Å²) in [5, 5.41) is 2.90. The predicted molar refractivity (Wildman–Crippen MR) is 107 cm³/mol. The summed E-state index contributed by atoms with van der Waals surface area (Å²) in [5.41, 5.74) is 2.23. The number of anilines is 1. The van der Waals surface area contributed by atoms with Gasteiger partial charge in [-0.3, -0.25) is 9.69 Å². The zero-order valence-corrected chi connectivity index (χ0v) is 15.8. The van der Waals surface area contributed by atoms with Crippen molar-refractivity contribution in [1.29, 1.82) is 0 Å². The number of piperidine rings is 1. The molecular weight excluding hydrogens is 338 g/mol. The lowest BCUT2D eigenvalue weighted by Crippen LogP contribution is -2.46. The molecule has 6 heteroatoms. The van der Waals surface area contributed by atoms with Gasteiger partial charge in [0.25, 0.3) is 0 Å². The maximum absolute atomic E-state index is 12.5. The first-order chi connectivity index (χ1) is 13.1. The maximum atomic E-state index is 12.5. The fourth-order valence-corrected chi connectivity index (χ4v) is 3.91. The largest absolute Gasteiger partial charge is 0.331 e. The van der Waals surface area contributed by atoms with Gasteiger partial charge in [-0.15, -0.1) is 0 Å². The minimum absolute atomic E-state index is 0.00474. The first-order valence-electron chi connectivity index (χ1n) is 9.51. The highest BCUT2D eigenvalue weighted by molar-refractivity contribution is 5.93. The zero-order valence-electron chi connectivity index (χ0n) is 15.8. The molecular formula is C21H25N5O. The minimum Gasteiger partial charge on any atom is -0.331 e. The van der Waals surface area contributed by atoms with Crippen LogP contribution in [-0.4, -0.2) is 44.5 Å². The van der Waals surface area contributed by atoms with Crippen LogP contribution in [0, 0.1) is 0 Å². The number of nitrogens with one attached hydrogen (secondary N) is 1. The number of carbonyl (C=O) groups is 1. The third-order valence-corrected chi connectivity index (χ3v) is 5.56. The van der Waals surface area contributed by atoms with E-state index in [1.165, 1.54) is 5.52 Å². The van der Waals surface area contributed by atoms with Crippen molar-refractivity contribution in [1.82, 2.24) is 19.4 Å². The molecule has 0 bridgehead atoms. The van der Waals surface area contributed by atoms with Gasteiger partial charge >= 0.3 is 0 Å². The lowest BCUT2D eigenvalue weighted by molar-refractivity contribution is -0.121. The Balaban J connectivity index is 1.39. The maximum Gasteiger partial charge on any atom is 0.242 e. The monoisotopic (exact) mass is 363 g/mol. The summed E-state index contributed by atoms with van der Waals surface area (Å²) in [6, 6.07) is 13.6. The molecule has 1 atom stereocenters. The minimum atomic E-state index is -0.173. The van der Waals surface area contributed by atoms with Gasteiger partial charge in [0.15, 0.2) is 0 Å². The number of para-hydroxylation sites is 2. The number of hydrogen-bond donors (Lipinski definition) is 1. The van der Waals surface area contributed by atoms with Gasteiger partial charge in [-0.25, -0.2) is 9.97 Å². The van der Waals surface area contributed by atoms with E-state index >= 15 is 0 Å². The Labute approximate surface area is 159 Å². The fraction of sp³-hybridized carbons (Fsp3) is 0.381. The lowest BCUT2D eigenvalue weighted by atomic mass is 9.95. The number of benzene rings is 1. The van der Waals surface area contributed by atoms with Gasteiger partial charge in [0, 0.05) is 19.2 Å². The number of aryl methyl sites for hydroxylation is 1. The van der Waals surface area contributed by atoms with E-state index in [0.29, 0.717) is 11.7 Å². The molecule has 4 rings (SSSR count). The Hall–Kier alpha value is -2.73. The summed E-state index contributed by atoms with van der Waals surface area (Å²) in [7, 11) is 2.10. The summed E-state index contributed by atoms with van der Waals surface area (Å²) in [5.74, 6) is 2.19. The van der Waals surface area contributed by atoms with Crippen LogP contribution in [0.25, 0.3) is 11.0 Å². The third kappa shape index (κ3) is 3.57. The number of likely N-dealkylation sites (tertiary alicyclic amines) is 1. The van der Waals surface area contributed by atoms with Crippen LogP contribution in [0.4, 0.5) is 5.82 Å². The zero-order chi connectivity index (χ0) is 18.8. The summed E-state index contributed by atoms with van der Waals surface area (Å²) in [6.45, 7) is 3.75. The van der Waals surface area contributed by atoms with Crippen molar-refractivity contribution in [2.24, 2.45) is 7.05 Å². The van der Waals surface area contributed by atoms with Gasteiger partial charge < -0.3 is 9.88 Å². The topological polar surface area (TPSA) is 63.1 Å². The van der Waals surface area contributed by atoms with Crippen LogP contribution in [-0.2, 0) is 11.8 Å². The highest BCUT2D eigenvalue weighted by atomic mass is 16.2. The summed E-state index contributed by atoms with van der Waals surface area (Å²) in [6.07, 6.45) is 3.71. The van der Waals surface area contributed by atoms with E-state index < -0.39 is 0 Å². The van der Waals surface area contributed by atoms with Crippen LogP contribution in [0.1, 0.15) is 31.5 Å². The Morgan fingerprint density at radius 3 is 2.59 bits per heavy atom. The van der Waals surface area contributed by atoms with E-state index in [2.05, 4.69) is 45.0 Å². The molecule has 3 aromatic rings. The van der Waals surface area contributed by atoms with Gasteiger partial charge in [0.05, 0.1) is 17.1 Å². The molecule has 27 heavy (non-hydrogen) atoms. The van der Waals surface area contributed by atoms with Crippen LogP contribution in [0.5, 0.6) is 0 Å². The van der Waals surface area contributed by atoms with Crippen molar-refractivity contribution in [3.8, 4) is 0 Å². The van der Waals surface area contributed by atoms with Gasteiger partial charge in [-0.05, 0) is 57.1 Å². The Bertz CT molecular complexity index is 928. The fourth-order valence-electron chi connectivity index (χ4n) is 3.91. The molecule has 1 saturated heterocycles. The molecule has 140 valence electrons. The summed E-state index contributed by atoms with van der Waals surface area (Å²) >= 11 is 0. The molecule has 1 aromatic carbocycles. The SMILES string of the molecule is C[C@@H](C(=O)Nc1ccccn1)N1CCC(c2nc3ccccc3n2C)CC1. The quantitative estimate of drug-likeness (QED) is 0.773. The average Bonchev–Trinajstić information content (AvgIpc) is 3.05. The highest BCUT2D eigenvalue weighted by Crippen LogP contribution is 2.30. The number of amides is 1. The second-order valence-electron chi connectivity index (χ2n) is 7.21. The van der Waals surface area contributed by atoms with Gasteiger partial charge in [-0.1, -0.05) is 18.2 Å². The Morgan fingerprint density at radius 1 is 1.15 bits per heavy atom. The smallest absolute Gasteiger partial charge is 0.242 e. The molecule has 0 unspecified atom stereocenters. The van der Waals surface area contributed by atoms with Crippen molar-refractivity contribution in [3.63, 3.8) is 0 Å². The molecule has 0 radical (unpaired) electrons. The predicted octanol–water partition coefficient (Wildman–Crippen LogP) is 3.17. The number of fused-ring (bicyclic) bond motifs is 1. The van der Waals surface area contributed by atoms with E-state index in [1.807, 2.05) is 31.2 Å². The molecule has 0 saturated carbocycles. The van der Waals surface area contributed by atoms with E-state index in [1.54, 1.807) is 6.20 Å². The third-order valence-electron chi connectivity index (χ3n) is 5.56. The average molecular weight is 363 g/mol. The number of hydrogen-bond acceptors (Lipinski definition) is 4. The Morgan fingerprint density at radius 2 is 1.89 bits per heavy atom. The van der Waals surface area contributed by atoms with Crippen molar-refractivity contribution in [2.75, 3.05) is 18.4 Å². The molecule has 2 aromatic heterocycles. The Kier molecular flexibility index (Phi) is 4.90. The standard InChI is InChI=1S/C21H25N5O/c1-15(21(27)24-19-9-5-6-12-22-19)26-13-10-16(11-14-26)20-23-17-7-3-4-8-18(17)25(20)2/h3-9,12,15-16H,10-11,13-14H2,1-2H3,(H,22,24,27)/t15-/m0/s1. The number of carbonyl (C=O) groups excluding carboxylic acids is 1. The van der Waals surface area contributed by atoms with Gasteiger partial charge in [0.2, 0.25) is 5.91 Å². The summed E-state index contributed by atoms with van der Waals surface area (Å²) < 4.78 is 2.22. The van der Waals surface area contributed by atoms with Crippen molar-refractivity contribution < 1.29 is 4.79 Å². The number of pyridine rings is 1. The second-order valence-corrected chi connectivity index (χ2v) is 7.21. The number of rotatable bonds is 4. The molecule has 1 N–H and O–H groups in total. The lowest BCUT2D eigenvalue weighted by Gasteiger charge is -2.35. The van der Waals surface area contributed by atoms with Crippen molar-refractivity contribution >= 4 is 22.8 Å². The number of aromatic nitrogens is 3. The highest BCUT2D eigenvalue weighted by Gasteiger charge is 2.29. The van der Waals surface area contributed by atoms with Crippen molar-refractivity contribution in [2.45, 2.75) is 31.7 Å². The number of imidazole rings is 1. The second kappa shape index (κ2) is 7.48. The molecule has 0 aliphatic carbocycles. The molecule has 6 nitrogen and oxygen atoms in total.